The van der Waals surface area contributed by atoms with Crippen LogP contribution in [0.15, 0.2) is 6.07 Å². The highest BCUT2D eigenvalue weighted by Gasteiger charge is 2.18. The Labute approximate surface area is 110 Å². The minimum Gasteiger partial charge on any atom is -0.314 e. The monoisotopic (exact) mass is 248 g/mol. The van der Waals surface area contributed by atoms with Crippen molar-refractivity contribution in [3.63, 3.8) is 0 Å². The summed E-state index contributed by atoms with van der Waals surface area (Å²) in [6.07, 6.45) is 0. The summed E-state index contributed by atoms with van der Waals surface area (Å²) < 4.78 is 0. The van der Waals surface area contributed by atoms with E-state index in [1.807, 2.05) is 0 Å². The van der Waals surface area contributed by atoms with Gasteiger partial charge in [-0.1, -0.05) is 20.8 Å². The van der Waals surface area contributed by atoms with Crippen molar-refractivity contribution in [2.75, 3.05) is 26.2 Å². The van der Waals surface area contributed by atoms with Gasteiger partial charge in [-0.3, -0.25) is 4.90 Å². The van der Waals surface area contributed by atoms with Crippen molar-refractivity contribution in [1.29, 1.82) is 0 Å². The summed E-state index contributed by atoms with van der Waals surface area (Å²) in [7, 11) is 0. The molecule has 0 saturated carbocycles. The third kappa shape index (κ3) is 3.50. The van der Waals surface area contributed by atoms with E-state index in [4.69, 9.17) is 4.98 Å². The smallest absolute Gasteiger partial charge is 0.142 e. The van der Waals surface area contributed by atoms with E-state index in [-0.39, 0.29) is 5.41 Å². The lowest BCUT2D eigenvalue weighted by Crippen LogP contribution is -2.43. The maximum absolute atomic E-state index is 4.73. The number of aromatic nitrogens is 2. The van der Waals surface area contributed by atoms with E-state index in [0.29, 0.717) is 0 Å². The van der Waals surface area contributed by atoms with Gasteiger partial charge in [-0.2, -0.15) is 0 Å². The molecular weight excluding hydrogens is 224 g/mol. The Morgan fingerprint density at radius 1 is 1.22 bits per heavy atom. The van der Waals surface area contributed by atoms with Crippen molar-refractivity contribution >= 4 is 0 Å². The molecule has 1 saturated heterocycles. The molecule has 1 aromatic heterocycles. The number of hydrogen-bond donors (Lipinski definition) is 1. The van der Waals surface area contributed by atoms with Gasteiger partial charge in [0.25, 0.3) is 0 Å². The first kappa shape index (κ1) is 13.4. The highest BCUT2D eigenvalue weighted by atomic mass is 15.2. The molecule has 2 rings (SSSR count). The summed E-state index contributed by atoms with van der Waals surface area (Å²) in [5, 5.41) is 3.37. The Hall–Kier alpha value is -1.00. The zero-order chi connectivity index (χ0) is 13.2. The maximum atomic E-state index is 4.73. The van der Waals surface area contributed by atoms with Crippen LogP contribution in [0, 0.1) is 6.92 Å². The molecule has 4 heteroatoms. The predicted octanol–water partition coefficient (Wildman–Crippen LogP) is 1.49. The van der Waals surface area contributed by atoms with Gasteiger partial charge >= 0.3 is 0 Å². The second-order valence-corrected chi connectivity index (χ2v) is 6.09. The van der Waals surface area contributed by atoms with E-state index in [9.17, 15) is 0 Å². The summed E-state index contributed by atoms with van der Waals surface area (Å²) in [6.45, 7) is 13.8. The molecule has 0 aromatic carbocycles. The van der Waals surface area contributed by atoms with Gasteiger partial charge in [0.2, 0.25) is 0 Å². The van der Waals surface area contributed by atoms with Crippen LogP contribution in [0.4, 0.5) is 0 Å². The quantitative estimate of drug-likeness (QED) is 0.861. The minimum atomic E-state index is 0.0892. The standard InChI is InChI=1S/C14H24N4/c1-11-9-12(14(2,3)4)17-13(16-11)10-18-7-5-15-6-8-18/h9,15H,5-8,10H2,1-4H3. The Morgan fingerprint density at radius 3 is 2.50 bits per heavy atom. The molecule has 0 amide bonds. The van der Waals surface area contributed by atoms with Crippen LogP contribution in [0.25, 0.3) is 0 Å². The summed E-state index contributed by atoms with van der Waals surface area (Å²) in [5.41, 5.74) is 2.30. The number of rotatable bonds is 2. The van der Waals surface area contributed by atoms with Crippen molar-refractivity contribution in [3.05, 3.63) is 23.3 Å². The van der Waals surface area contributed by atoms with Gasteiger partial charge in [-0.15, -0.1) is 0 Å². The molecule has 4 nitrogen and oxygen atoms in total. The molecule has 1 aliphatic heterocycles. The highest BCUT2D eigenvalue weighted by Crippen LogP contribution is 2.20. The number of aryl methyl sites for hydroxylation is 1. The Bertz CT molecular complexity index is 403. The van der Waals surface area contributed by atoms with Crippen LogP contribution in [0.5, 0.6) is 0 Å². The second-order valence-electron chi connectivity index (χ2n) is 6.09. The van der Waals surface area contributed by atoms with Gasteiger partial charge in [0, 0.05) is 43.0 Å². The van der Waals surface area contributed by atoms with Gasteiger partial charge in [0.15, 0.2) is 0 Å². The maximum Gasteiger partial charge on any atom is 0.142 e. The molecule has 1 aromatic rings. The first-order valence-electron chi connectivity index (χ1n) is 6.73. The first-order valence-corrected chi connectivity index (χ1v) is 6.73. The molecule has 0 radical (unpaired) electrons. The van der Waals surface area contributed by atoms with Crippen molar-refractivity contribution < 1.29 is 0 Å². The van der Waals surface area contributed by atoms with E-state index in [1.165, 1.54) is 0 Å². The number of piperazine rings is 1. The molecular formula is C14H24N4. The molecule has 0 atom stereocenters. The van der Waals surface area contributed by atoms with Gasteiger partial charge in [-0.25, -0.2) is 9.97 Å². The fraction of sp³-hybridized carbons (Fsp3) is 0.714. The SMILES string of the molecule is Cc1cc(C(C)(C)C)nc(CN2CCNCC2)n1. The van der Waals surface area contributed by atoms with Crippen LogP contribution >= 0.6 is 0 Å². The zero-order valence-electron chi connectivity index (χ0n) is 12.0. The van der Waals surface area contributed by atoms with E-state index in [0.717, 1.165) is 49.9 Å². The zero-order valence-corrected chi connectivity index (χ0v) is 12.0. The van der Waals surface area contributed by atoms with Crippen LogP contribution < -0.4 is 5.32 Å². The normalized spacial score (nSPS) is 18.0. The molecule has 1 fully saturated rings. The number of nitrogens with one attached hydrogen (secondary N) is 1. The van der Waals surface area contributed by atoms with Crippen LogP contribution in [0.1, 0.15) is 38.0 Å². The lowest BCUT2D eigenvalue weighted by atomic mass is 9.91. The molecule has 0 aliphatic carbocycles. The number of hydrogen-bond acceptors (Lipinski definition) is 4. The molecule has 18 heavy (non-hydrogen) atoms. The average Bonchev–Trinajstić information content (AvgIpc) is 2.28. The van der Waals surface area contributed by atoms with E-state index < -0.39 is 0 Å². The highest BCUT2D eigenvalue weighted by molar-refractivity contribution is 5.17. The Balaban J connectivity index is 2.14. The van der Waals surface area contributed by atoms with Crippen molar-refractivity contribution in [2.24, 2.45) is 0 Å². The van der Waals surface area contributed by atoms with Crippen LogP contribution in [-0.4, -0.2) is 41.0 Å². The molecule has 0 bridgehead atoms. The average molecular weight is 248 g/mol. The molecule has 0 unspecified atom stereocenters. The molecule has 1 aliphatic rings. The van der Waals surface area contributed by atoms with Crippen LogP contribution in [0.3, 0.4) is 0 Å². The van der Waals surface area contributed by atoms with Crippen LogP contribution in [0.2, 0.25) is 0 Å². The first-order chi connectivity index (χ1) is 8.45. The summed E-state index contributed by atoms with van der Waals surface area (Å²) >= 11 is 0. The molecule has 100 valence electrons. The number of nitrogens with zero attached hydrogens (tertiary/aromatic N) is 3. The minimum absolute atomic E-state index is 0.0892. The van der Waals surface area contributed by atoms with Crippen molar-refractivity contribution in [2.45, 2.75) is 39.7 Å². The van der Waals surface area contributed by atoms with Gasteiger partial charge in [0.1, 0.15) is 5.82 Å². The van der Waals surface area contributed by atoms with Crippen LogP contribution in [-0.2, 0) is 12.0 Å². The molecule has 2 heterocycles. The molecule has 1 N–H and O–H groups in total. The van der Waals surface area contributed by atoms with Gasteiger partial charge < -0.3 is 5.32 Å². The second kappa shape index (κ2) is 5.33. The lowest BCUT2D eigenvalue weighted by Gasteiger charge is -2.27. The fourth-order valence-corrected chi connectivity index (χ4v) is 2.15. The fourth-order valence-electron chi connectivity index (χ4n) is 2.15. The molecule has 0 spiro atoms. The van der Waals surface area contributed by atoms with Crippen molar-refractivity contribution in [1.82, 2.24) is 20.2 Å². The largest absolute Gasteiger partial charge is 0.314 e. The van der Waals surface area contributed by atoms with Gasteiger partial charge in [-0.05, 0) is 13.0 Å². The topological polar surface area (TPSA) is 41.1 Å². The van der Waals surface area contributed by atoms with Gasteiger partial charge in [0.05, 0.1) is 6.54 Å². The Morgan fingerprint density at radius 2 is 1.89 bits per heavy atom. The Kier molecular flexibility index (Phi) is 3.97. The predicted molar refractivity (Wildman–Crippen MR) is 73.6 cm³/mol. The van der Waals surface area contributed by atoms with Crippen molar-refractivity contribution in [3.8, 4) is 0 Å². The summed E-state index contributed by atoms with van der Waals surface area (Å²) in [6, 6.07) is 2.10. The lowest BCUT2D eigenvalue weighted by molar-refractivity contribution is 0.227. The summed E-state index contributed by atoms with van der Waals surface area (Å²) in [5.74, 6) is 0.960. The van der Waals surface area contributed by atoms with E-state index >= 15 is 0 Å². The third-order valence-corrected chi connectivity index (χ3v) is 3.24. The third-order valence-electron chi connectivity index (χ3n) is 3.24. The van der Waals surface area contributed by atoms with E-state index in [2.05, 4.69) is 49.0 Å². The van der Waals surface area contributed by atoms with E-state index in [1.54, 1.807) is 0 Å². The summed E-state index contributed by atoms with van der Waals surface area (Å²) in [4.78, 5) is 11.7.